The van der Waals surface area contributed by atoms with E-state index in [1.807, 2.05) is 24.3 Å². The number of hydrogen-bond donors (Lipinski definition) is 1. The van der Waals surface area contributed by atoms with Crippen LogP contribution < -0.4 is 5.32 Å². The lowest BCUT2D eigenvalue weighted by Crippen LogP contribution is -2.35. The van der Waals surface area contributed by atoms with Crippen molar-refractivity contribution in [1.29, 1.82) is 0 Å². The topological polar surface area (TPSA) is 63.2 Å². The molecule has 1 heterocycles. The molecule has 1 aliphatic heterocycles. The predicted molar refractivity (Wildman–Crippen MR) is 81.8 cm³/mol. The smallest absolute Gasteiger partial charge is 0.224 e. The third-order valence-electron chi connectivity index (χ3n) is 4.22. The monoisotopic (exact) mass is 327 g/mol. The zero-order valence-corrected chi connectivity index (χ0v) is 13.2. The number of hydrogen-bond acceptors (Lipinski definition) is 3. The fourth-order valence-corrected chi connectivity index (χ4v) is 4.71. The van der Waals surface area contributed by atoms with Crippen LogP contribution in [0.2, 0.25) is 5.02 Å². The summed E-state index contributed by atoms with van der Waals surface area (Å²) < 4.78 is 23.0. The molecule has 1 N–H and O–H groups in total. The van der Waals surface area contributed by atoms with Crippen molar-refractivity contribution in [3.63, 3.8) is 0 Å². The Morgan fingerprint density at radius 2 is 1.86 bits per heavy atom. The van der Waals surface area contributed by atoms with Crippen molar-refractivity contribution in [2.75, 3.05) is 11.5 Å². The average molecular weight is 328 g/mol. The van der Waals surface area contributed by atoms with Crippen LogP contribution in [0.1, 0.15) is 30.9 Å². The summed E-state index contributed by atoms with van der Waals surface area (Å²) in [5.41, 5.74) is 1.04. The van der Waals surface area contributed by atoms with E-state index in [0.717, 1.165) is 18.4 Å². The largest absolute Gasteiger partial charge is 0.349 e. The predicted octanol–water partition coefficient (Wildman–Crippen LogP) is 2.34. The fraction of sp³-hybridized carbons (Fsp3) is 0.533. The van der Waals surface area contributed by atoms with Crippen LogP contribution in [-0.2, 0) is 14.6 Å². The molecule has 3 rings (SSSR count). The number of sulfone groups is 1. The van der Waals surface area contributed by atoms with Crippen LogP contribution in [0, 0.1) is 11.8 Å². The van der Waals surface area contributed by atoms with Gasteiger partial charge in [0.25, 0.3) is 0 Å². The zero-order valence-electron chi connectivity index (χ0n) is 11.6. The van der Waals surface area contributed by atoms with Crippen LogP contribution in [-0.4, -0.2) is 25.8 Å². The van der Waals surface area contributed by atoms with Gasteiger partial charge in [-0.05, 0) is 42.9 Å². The molecule has 4 nitrogen and oxygen atoms in total. The Labute approximate surface area is 129 Å². The first-order valence-corrected chi connectivity index (χ1v) is 9.41. The van der Waals surface area contributed by atoms with E-state index in [9.17, 15) is 13.2 Å². The standard InChI is InChI=1S/C15H18ClNO3S/c16-13-5-3-11(4-6-13)14(10-1-2-10)17-15(18)12-7-8-21(19,20)9-12/h3-6,10,12,14H,1-2,7-9H2,(H,17,18). The highest BCUT2D eigenvalue weighted by molar-refractivity contribution is 7.91. The van der Waals surface area contributed by atoms with Crippen molar-refractivity contribution in [3.8, 4) is 0 Å². The molecule has 1 saturated carbocycles. The van der Waals surface area contributed by atoms with Gasteiger partial charge < -0.3 is 5.32 Å². The van der Waals surface area contributed by atoms with Crippen LogP contribution >= 0.6 is 11.6 Å². The molecule has 21 heavy (non-hydrogen) atoms. The summed E-state index contributed by atoms with van der Waals surface area (Å²) in [5.74, 6) is 0.0244. The highest BCUT2D eigenvalue weighted by Gasteiger charge is 2.37. The van der Waals surface area contributed by atoms with Gasteiger partial charge in [-0.25, -0.2) is 8.42 Å². The van der Waals surface area contributed by atoms with E-state index in [1.54, 1.807) is 0 Å². The summed E-state index contributed by atoms with van der Waals surface area (Å²) in [6.45, 7) is 0. The SMILES string of the molecule is O=C(NC(c1ccc(Cl)cc1)C1CC1)C1CCS(=O)(=O)C1. The van der Waals surface area contributed by atoms with Crippen molar-refractivity contribution < 1.29 is 13.2 Å². The first-order valence-electron chi connectivity index (χ1n) is 7.21. The second kappa shape index (κ2) is 5.61. The van der Waals surface area contributed by atoms with E-state index in [1.165, 1.54) is 0 Å². The van der Waals surface area contributed by atoms with Crippen molar-refractivity contribution in [3.05, 3.63) is 34.9 Å². The van der Waals surface area contributed by atoms with E-state index >= 15 is 0 Å². The van der Waals surface area contributed by atoms with Crippen LogP contribution in [0.25, 0.3) is 0 Å². The molecule has 2 unspecified atom stereocenters. The Hall–Kier alpha value is -1.07. The molecule has 0 spiro atoms. The number of carbonyl (C=O) groups is 1. The molecule has 114 valence electrons. The number of halogens is 1. The second-order valence-electron chi connectivity index (χ2n) is 5.98. The van der Waals surface area contributed by atoms with Crippen LogP contribution in [0.4, 0.5) is 0 Å². The Morgan fingerprint density at radius 1 is 1.19 bits per heavy atom. The molecular formula is C15H18ClNO3S. The number of carbonyl (C=O) groups excluding carboxylic acids is 1. The molecule has 1 saturated heterocycles. The maximum Gasteiger partial charge on any atom is 0.224 e. The first kappa shape index (κ1) is 14.9. The fourth-order valence-electron chi connectivity index (χ4n) is 2.85. The molecular weight excluding hydrogens is 310 g/mol. The van der Waals surface area contributed by atoms with E-state index in [4.69, 9.17) is 11.6 Å². The average Bonchev–Trinajstić information content (AvgIpc) is 3.20. The molecule has 1 amide bonds. The number of rotatable bonds is 4. The molecule has 0 radical (unpaired) electrons. The van der Waals surface area contributed by atoms with E-state index in [2.05, 4.69) is 5.32 Å². The van der Waals surface area contributed by atoms with Crippen molar-refractivity contribution in [2.45, 2.75) is 25.3 Å². The summed E-state index contributed by atoms with van der Waals surface area (Å²) in [4.78, 5) is 12.3. The minimum Gasteiger partial charge on any atom is -0.349 e. The molecule has 1 aliphatic carbocycles. The quantitative estimate of drug-likeness (QED) is 0.923. The third-order valence-corrected chi connectivity index (χ3v) is 6.24. The van der Waals surface area contributed by atoms with Gasteiger partial charge in [0.1, 0.15) is 0 Å². The van der Waals surface area contributed by atoms with Gasteiger partial charge in [0.15, 0.2) is 9.84 Å². The van der Waals surface area contributed by atoms with Gasteiger partial charge >= 0.3 is 0 Å². The van der Waals surface area contributed by atoms with E-state index in [0.29, 0.717) is 17.4 Å². The maximum atomic E-state index is 12.3. The van der Waals surface area contributed by atoms with Gasteiger partial charge in [-0.15, -0.1) is 0 Å². The van der Waals surface area contributed by atoms with E-state index < -0.39 is 15.8 Å². The zero-order chi connectivity index (χ0) is 15.0. The van der Waals surface area contributed by atoms with E-state index in [-0.39, 0.29) is 23.5 Å². The van der Waals surface area contributed by atoms with Gasteiger partial charge in [-0.2, -0.15) is 0 Å². The molecule has 0 aromatic heterocycles. The number of amides is 1. The summed E-state index contributed by atoms with van der Waals surface area (Å²) in [6, 6.07) is 7.46. The lowest BCUT2D eigenvalue weighted by atomic mass is 10.0. The maximum absolute atomic E-state index is 12.3. The molecule has 1 aromatic carbocycles. The molecule has 1 aromatic rings. The van der Waals surface area contributed by atoms with Gasteiger partial charge in [-0.1, -0.05) is 23.7 Å². The highest BCUT2D eigenvalue weighted by Crippen LogP contribution is 2.41. The van der Waals surface area contributed by atoms with Crippen LogP contribution in [0.15, 0.2) is 24.3 Å². The van der Waals surface area contributed by atoms with Crippen molar-refractivity contribution in [2.24, 2.45) is 11.8 Å². The van der Waals surface area contributed by atoms with Crippen LogP contribution in [0.5, 0.6) is 0 Å². The van der Waals surface area contributed by atoms with Gasteiger partial charge in [-0.3, -0.25) is 4.79 Å². The Bertz CT molecular complexity index is 637. The highest BCUT2D eigenvalue weighted by atomic mass is 35.5. The third kappa shape index (κ3) is 3.58. The number of nitrogens with one attached hydrogen (secondary N) is 1. The van der Waals surface area contributed by atoms with Crippen LogP contribution in [0.3, 0.4) is 0 Å². The molecule has 2 atom stereocenters. The summed E-state index contributed by atoms with van der Waals surface area (Å²) >= 11 is 5.90. The minimum absolute atomic E-state index is 0.0170. The lowest BCUT2D eigenvalue weighted by Gasteiger charge is -2.21. The molecule has 2 fully saturated rings. The van der Waals surface area contributed by atoms with Gasteiger partial charge in [0.05, 0.1) is 23.5 Å². The first-order chi connectivity index (χ1) is 9.94. The van der Waals surface area contributed by atoms with Gasteiger partial charge in [0, 0.05) is 5.02 Å². The van der Waals surface area contributed by atoms with Gasteiger partial charge in [0.2, 0.25) is 5.91 Å². The second-order valence-corrected chi connectivity index (χ2v) is 8.64. The summed E-state index contributed by atoms with van der Waals surface area (Å²) in [5, 5.41) is 3.72. The minimum atomic E-state index is -3.03. The Balaban J connectivity index is 1.71. The molecule has 0 bridgehead atoms. The summed E-state index contributed by atoms with van der Waals surface area (Å²) in [6.07, 6.45) is 2.62. The Kier molecular flexibility index (Phi) is 3.97. The number of benzene rings is 1. The lowest BCUT2D eigenvalue weighted by molar-refractivity contribution is -0.125. The summed E-state index contributed by atoms with van der Waals surface area (Å²) in [7, 11) is -3.03. The van der Waals surface area contributed by atoms with Crippen molar-refractivity contribution >= 4 is 27.3 Å². The Morgan fingerprint density at radius 3 is 2.38 bits per heavy atom. The normalized spacial score (nSPS) is 25.5. The molecule has 2 aliphatic rings. The van der Waals surface area contributed by atoms with Crippen molar-refractivity contribution in [1.82, 2.24) is 5.32 Å². The molecule has 6 heteroatoms.